The predicted octanol–water partition coefficient (Wildman–Crippen LogP) is 3.56. The number of aromatic nitrogens is 2. The first-order valence-electron chi connectivity index (χ1n) is 4.99. The highest BCUT2D eigenvalue weighted by Gasteiger charge is 2.00. The topological polar surface area (TPSA) is 38.1 Å². The molecule has 0 unspecified atom stereocenters. The largest absolute Gasteiger partial charge is 0.243 e. The number of hydrogen-bond acceptors (Lipinski definition) is 4. The van der Waals surface area contributed by atoms with Crippen LogP contribution in [0.4, 0.5) is 0 Å². The van der Waals surface area contributed by atoms with Crippen LogP contribution in [0.1, 0.15) is 11.1 Å². The molecule has 0 aliphatic rings. The van der Waals surface area contributed by atoms with Crippen LogP contribution >= 0.6 is 23.5 Å². The molecule has 0 fully saturated rings. The van der Waals surface area contributed by atoms with Crippen molar-refractivity contribution < 1.29 is 0 Å². The van der Waals surface area contributed by atoms with E-state index in [4.69, 9.17) is 11.6 Å². The van der Waals surface area contributed by atoms with E-state index in [2.05, 4.69) is 21.3 Å². The third-order valence-corrected chi connectivity index (χ3v) is 3.11. The van der Waals surface area contributed by atoms with Gasteiger partial charge in [-0.3, -0.25) is 0 Å². The lowest BCUT2D eigenvalue weighted by Crippen LogP contribution is -1.83. The zero-order chi connectivity index (χ0) is 12.1. The molecule has 2 rings (SSSR count). The van der Waals surface area contributed by atoms with Crippen molar-refractivity contribution in [2.75, 3.05) is 0 Å². The van der Waals surface area contributed by atoms with Gasteiger partial charge in [0.15, 0.2) is 10.2 Å². The van der Waals surface area contributed by atoms with Crippen molar-refractivity contribution in [2.24, 2.45) is 4.40 Å². The van der Waals surface area contributed by atoms with Crippen LogP contribution in [0.15, 0.2) is 46.1 Å². The molecule has 0 atom stereocenters. The number of nitrogens with zero attached hydrogens (tertiary/aromatic N) is 3. The van der Waals surface area contributed by atoms with Crippen molar-refractivity contribution in [1.29, 1.82) is 0 Å². The van der Waals surface area contributed by atoms with E-state index in [1.54, 1.807) is 18.6 Å². The van der Waals surface area contributed by atoms with Crippen molar-refractivity contribution >= 4 is 29.8 Å². The molecule has 17 heavy (non-hydrogen) atoms. The number of aryl methyl sites for hydroxylation is 1. The average Bonchev–Trinajstić information content (AvgIpc) is 2.34. The van der Waals surface area contributed by atoms with Gasteiger partial charge in [-0.15, -0.1) is 0 Å². The number of rotatable bonds is 3. The highest BCUT2D eigenvalue weighted by atomic mass is 35.5. The van der Waals surface area contributed by atoms with Crippen LogP contribution in [0.3, 0.4) is 0 Å². The molecule has 3 nitrogen and oxygen atoms in total. The van der Waals surface area contributed by atoms with E-state index in [1.165, 1.54) is 17.5 Å². The summed E-state index contributed by atoms with van der Waals surface area (Å²) >= 11 is 7.07. The van der Waals surface area contributed by atoms with Gasteiger partial charge in [-0.05, 0) is 12.5 Å². The first kappa shape index (κ1) is 12.1. The summed E-state index contributed by atoms with van der Waals surface area (Å²) in [6, 6.07) is 8.11. The Balaban J connectivity index is 2.03. The SMILES string of the molecule is Cc1ccc(C=NSc2nccnc2Cl)cc1. The highest BCUT2D eigenvalue weighted by Crippen LogP contribution is 2.22. The molecule has 0 aliphatic heterocycles. The molecule has 1 heterocycles. The van der Waals surface area contributed by atoms with Crippen LogP contribution in [-0.4, -0.2) is 16.2 Å². The maximum Gasteiger partial charge on any atom is 0.163 e. The summed E-state index contributed by atoms with van der Waals surface area (Å²) in [5.41, 5.74) is 2.27. The van der Waals surface area contributed by atoms with Gasteiger partial charge in [-0.1, -0.05) is 41.4 Å². The van der Waals surface area contributed by atoms with E-state index < -0.39 is 0 Å². The molecule has 0 spiro atoms. The summed E-state index contributed by atoms with van der Waals surface area (Å²) in [4.78, 5) is 8.00. The number of hydrogen-bond donors (Lipinski definition) is 0. The second-order valence-electron chi connectivity index (χ2n) is 3.39. The van der Waals surface area contributed by atoms with E-state index in [0.717, 1.165) is 5.56 Å². The summed E-state index contributed by atoms with van der Waals surface area (Å²) < 4.78 is 4.21. The lowest BCUT2D eigenvalue weighted by Gasteiger charge is -1.96. The van der Waals surface area contributed by atoms with Gasteiger partial charge in [0.05, 0.1) is 0 Å². The molecule has 0 aliphatic carbocycles. The zero-order valence-electron chi connectivity index (χ0n) is 9.17. The normalized spacial score (nSPS) is 10.9. The molecular formula is C12H10ClN3S. The van der Waals surface area contributed by atoms with Gasteiger partial charge in [-0.25, -0.2) is 14.4 Å². The molecule has 0 amide bonds. The Morgan fingerprint density at radius 3 is 2.59 bits per heavy atom. The minimum Gasteiger partial charge on any atom is -0.243 e. The monoisotopic (exact) mass is 263 g/mol. The third kappa shape index (κ3) is 3.54. The Hall–Kier alpha value is -1.39. The molecule has 86 valence electrons. The van der Waals surface area contributed by atoms with Crippen LogP contribution in [0.2, 0.25) is 5.15 Å². The molecule has 0 N–H and O–H groups in total. The minimum absolute atomic E-state index is 0.374. The van der Waals surface area contributed by atoms with Crippen LogP contribution in [0, 0.1) is 6.92 Å². The quantitative estimate of drug-likeness (QED) is 0.628. The van der Waals surface area contributed by atoms with Crippen LogP contribution < -0.4 is 0 Å². The molecule has 0 radical (unpaired) electrons. The Morgan fingerprint density at radius 1 is 1.18 bits per heavy atom. The lowest BCUT2D eigenvalue weighted by atomic mass is 10.2. The van der Waals surface area contributed by atoms with Gasteiger partial charge >= 0.3 is 0 Å². The summed E-state index contributed by atoms with van der Waals surface area (Å²) in [7, 11) is 0. The minimum atomic E-state index is 0.374. The molecule has 0 saturated carbocycles. The van der Waals surface area contributed by atoms with E-state index in [-0.39, 0.29) is 0 Å². The first-order chi connectivity index (χ1) is 8.25. The van der Waals surface area contributed by atoms with E-state index in [0.29, 0.717) is 10.2 Å². The van der Waals surface area contributed by atoms with E-state index in [1.807, 2.05) is 24.3 Å². The maximum atomic E-state index is 5.86. The third-order valence-electron chi connectivity index (χ3n) is 2.04. The Morgan fingerprint density at radius 2 is 1.88 bits per heavy atom. The predicted molar refractivity (Wildman–Crippen MR) is 71.7 cm³/mol. The van der Waals surface area contributed by atoms with Crippen molar-refractivity contribution in [3.63, 3.8) is 0 Å². The van der Waals surface area contributed by atoms with Crippen LogP contribution in [0.5, 0.6) is 0 Å². The van der Waals surface area contributed by atoms with Crippen molar-refractivity contribution in [2.45, 2.75) is 11.9 Å². The summed E-state index contributed by atoms with van der Waals surface area (Å²) in [5, 5.41) is 0.982. The fourth-order valence-corrected chi connectivity index (χ4v) is 1.88. The van der Waals surface area contributed by atoms with Crippen LogP contribution in [0.25, 0.3) is 0 Å². The smallest absolute Gasteiger partial charge is 0.163 e. The molecule has 1 aromatic carbocycles. The molecule has 1 aromatic heterocycles. The molecule has 5 heteroatoms. The molecule has 0 saturated heterocycles. The summed E-state index contributed by atoms with van der Waals surface area (Å²) in [6.45, 7) is 2.05. The number of halogens is 1. The van der Waals surface area contributed by atoms with E-state index >= 15 is 0 Å². The average molecular weight is 264 g/mol. The lowest BCUT2D eigenvalue weighted by molar-refractivity contribution is 1.06. The maximum absolute atomic E-state index is 5.86. The second-order valence-corrected chi connectivity index (χ2v) is 4.53. The fraction of sp³-hybridized carbons (Fsp3) is 0.0833. The Bertz CT molecular complexity index is 526. The number of benzene rings is 1. The van der Waals surface area contributed by atoms with Crippen molar-refractivity contribution in [1.82, 2.24) is 9.97 Å². The van der Waals surface area contributed by atoms with Crippen molar-refractivity contribution in [3.8, 4) is 0 Å². The Labute approximate surface area is 109 Å². The van der Waals surface area contributed by atoms with Gasteiger partial charge < -0.3 is 0 Å². The van der Waals surface area contributed by atoms with Gasteiger partial charge in [-0.2, -0.15) is 0 Å². The molecular weight excluding hydrogens is 254 g/mol. The van der Waals surface area contributed by atoms with Gasteiger partial charge in [0, 0.05) is 30.6 Å². The second kappa shape index (κ2) is 5.80. The molecule has 2 aromatic rings. The van der Waals surface area contributed by atoms with Crippen LogP contribution in [-0.2, 0) is 0 Å². The van der Waals surface area contributed by atoms with Gasteiger partial charge in [0.2, 0.25) is 0 Å². The van der Waals surface area contributed by atoms with Gasteiger partial charge in [0.1, 0.15) is 0 Å². The summed E-state index contributed by atoms with van der Waals surface area (Å²) in [6.07, 6.45) is 4.92. The van der Waals surface area contributed by atoms with Gasteiger partial charge in [0.25, 0.3) is 0 Å². The summed E-state index contributed by atoms with van der Waals surface area (Å²) in [5.74, 6) is 0. The fourth-order valence-electron chi connectivity index (χ4n) is 1.16. The highest BCUT2D eigenvalue weighted by molar-refractivity contribution is 7.98. The standard InChI is InChI=1S/C12H10ClN3S/c1-9-2-4-10(5-3-9)8-16-17-12-11(13)14-6-7-15-12/h2-8H,1H3. The zero-order valence-corrected chi connectivity index (χ0v) is 10.7. The van der Waals surface area contributed by atoms with Crippen molar-refractivity contribution in [3.05, 3.63) is 52.9 Å². The van der Waals surface area contributed by atoms with E-state index in [9.17, 15) is 0 Å². The molecule has 0 bridgehead atoms. The Kier molecular flexibility index (Phi) is 4.12. The first-order valence-corrected chi connectivity index (χ1v) is 6.14.